The first kappa shape index (κ1) is 23.3. The van der Waals surface area contributed by atoms with Gasteiger partial charge in [0.05, 0.1) is 13.2 Å². The SMILES string of the molecule is CC(C)(C)OC(=O)NC(C(=O)N1CCC(OO)C1)c1ccc(OOC2CCCO2)cc1. The van der Waals surface area contributed by atoms with Crippen molar-refractivity contribution in [2.24, 2.45) is 0 Å². The Balaban J connectivity index is 1.70. The molecule has 10 nitrogen and oxygen atoms in total. The van der Waals surface area contributed by atoms with E-state index in [1.54, 1.807) is 45.0 Å². The third-order valence-corrected chi connectivity index (χ3v) is 4.87. The second-order valence-electron chi connectivity index (χ2n) is 8.57. The lowest BCUT2D eigenvalue weighted by Gasteiger charge is -2.26. The van der Waals surface area contributed by atoms with Crippen LogP contribution in [0, 0.1) is 0 Å². The molecule has 1 aromatic rings. The summed E-state index contributed by atoms with van der Waals surface area (Å²) >= 11 is 0. The van der Waals surface area contributed by atoms with E-state index in [1.165, 1.54) is 4.90 Å². The Labute approximate surface area is 181 Å². The quantitative estimate of drug-likeness (QED) is 0.493. The number of hydrogen-bond donors (Lipinski definition) is 2. The van der Waals surface area contributed by atoms with E-state index in [-0.39, 0.29) is 18.7 Å². The third-order valence-electron chi connectivity index (χ3n) is 4.87. The summed E-state index contributed by atoms with van der Waals surface area (Å²) in [6.45, 7) is 6.52. The molecular weight excluding hydrogens is 408 g/mol. The molecule has 1 aromatic carbocycles. The molecule has 10 heteroatoms. The predicted molar refractivity (Wildman–Crippen MR) is 108 cm³/mol. The van der Waals surface area contributed by atoms with Crippen LogP contribution in [0.5, 0.6) is 5.75 Å². The minimum Gasteiger partial charge on any atom is -0.444 e. The predicted octanol–water partition coefficient (Wildman–Crippen LogP) is 2.79. The number of carbonyl (C=O) groups excluding carboxylic acids is 2. The Hall–Kier alpha value is -2.40. The zero-order valence-corrected chi connectivity index (χ0v) is 18.0. The van der Waals surface area contributed by atoms with Gasteiger partial charge < -0.3 is 24.6 Å². The highest BCUT2D eigenvalue weighted by molar-refractivity contribution is 5.87. The number of nitrogens with one attached hydrogen (secondary N) is 1. The number of alkyl carbamates (subject to hydrolysis) is 1. The van der Waals surface area contributed by atoms with E-state index >= 15 is 0 Å². The molecule has 2 fully saturated rings. The van der Waals surface area contributed by atoms with Crippen molar-refractivity contribution < 1.29 is 39.0 Å². The van der Waals surface area contributed by atoms with Gasteiger partial charge in [0, 0.05) is 13.0 Å². The molecule has 31 heavy (non-hydrogen) atoms. The van der Waals surface area contributed by atoms with Crippen molar-refractivity contribution in [2.45, 2.75) is 64.1 Å². The normalized spacial score (nSPS) is 22.3. The lowest BCUT2D eigenvalue weighted by atomic mass is 10.1. The number of hydrogen-bond acceptors (Lipinski definition) is 8. The maximum atomic E-state index is 13.1. The first-order chi connectivity index (χ1) is 14.7. The van der Waals surface area contributed by atoms with E-state index in [0.29, 0.717) is 30.9 Å². The van der Waals surface area contributed by atoms with Crippen molar-refractivity contribution in [3.05, 3.63) is 29.8 Å². The summed E-state index contributed by atoms with van der Waals surface area (Å²) in [7, 11) is 0. The van der Waals surface area contributed by atoms with Crippen LogP contribution in [-0.4, -0.2) is 59.8 Å². The van der Waals surface area contributed by atoms with Crippen LogP contribution in [0.1, 0.15) is 51.6 Å². The van der Waals surface area contributed by atoms with Crippen molar-refractivity contribution in [1.29, 1.82) is 0 Å². The molecule has 3 atom stereocenters. The molecule has 2 saturated heterocycles. The molecule has 0 bridgehead atoms. The maximum Gasteiger partial charge on any atom is 0.408 e. The molecule has 0 spiro atoms. The van der Waals surface area contributed by atoms with Gasteiger partial charge in [-0.2, -0.15) is 4.89 Å². The molecule has 0 aromatic heterocycles. The number of carbonyl (C=O) groups is 2. The van der Waals surface area contributed by atoms with Crippen LogP contribution in [0.2, 0.25) is 0 Å². The first-order valence-corrected chi connectivity index (χ1v) is 10.4. The molecule has 2 aliphatic heterocycles. The van der Waals surface area contributed by atoms with Gasteiger partial charge in [-0.1, -0.05) is 12.1 Å². The minimum absolute atomic E-state index is 0.234. The summed E-state index contributed by atoms with van der Waals surface area (Å²) < 4.78 is 10.7. The standard InChI is InChI=1S/C21H30N2O8/c1-21(2,3)28-20(25)22-18(19(24)23-11-10-16(13-23)29-26)14-6-8-15(9-7-14)30-31-17-5-4-12-27-17/h6-9,16-18,26H,4-5,10-13H2,1-3H3,(H,22,25). The fraction of sp³-hybridized carbons (Fsp3) is 0.619. The van der Waals surface area contributed by atoms with Gasteiger partial charge in [0.2, 0.25) is 12.2 Å². The van der Waals surface area contributed by atoms with Gasteiger partial charge in [-0.3, -0.25) is 10.1 Å². The van der Waals surface area contributed by atoms with Crippen molar-refractivity contribution in [3.63, 3.8) is 0 Å². The minimum atomic E-state index is -0.972. The topological polar surface area (TPSA) is 116 Å². The average Bonchev–Trinajstić information content (AvgIpc) is 3.41. The highest BCUT2D eigenvalue weighted by Crippen LogP contribution is 2.24. The molecule has 172 valence electrons. The molecule has 0 aliphatic carbocycles. The molecular formula is C21H30N2O8. The van der Waals surface area contributed by atoms with Gasteiger partial charge in [0.1, 0.15) is 17.7 Å². The van der Waals surface area contributed by atoms with Gasteiger partial charge >= 0.3 is 6.09 Å². The highest BCUT2D eigenvalue weighted by Gasteiger charge is 2.34. The van der Waals surface area contributed by atoms with Crippen LogP contribution < -0.4 is 10.2 Å². The third kappa shape index (κ3) is 6.79. The Morgan fingerprint density at radius 2 is 1.97 bits per heavy atom. The van der Waals surface area contributed by atoms with Gasteiger partial charge in [0.25, 0.3) is 0 Å². The fourth-order valence-corrected chi connectivity index (χ4v) is 3.36. The molecule has 0 radical (unpaired) electrons. The average molecular weight is 438 g/mol. The Morgan fingerprint density at radius 1 is 1.23 bits per heavy atom. The van der Waals surface area contributed by atoms with Crippen molar-refractivity contribution in [2.75, 3.05) is 19.7 Å². The largest absolute Gasteiger partial charge is 0.444 e. The Kier molecular flexibility index (Phi) is 7.71. The summed E-state index contributed by atoms with van der Waals surface area (Å²) in [6.07, 6.45) is 0.655. The molecule has 3 unspecified atom stereocenters. The zero-order valence-electron chi connectivity index (χ0n) is 18.0. The van der Waals surface area contributed by atoms with Gasteiger partial charge in [-0.05, 0) is 51.3 Å². The second-order valence-corrected chi connectivity index (χ2v) is 8.57. The van der Waals surface area contributed by atoms with E-state index in [2.05, 4.69) is 10.2 Å². The number of likely N-dealkylation sites (tertiary alicyclic amines) is 1. The summed E-state index contributed by atoms with van der Waals surface area (Å²) in [5.41, 5.74) is -0.160. The van der Waals surface area contributed by atoms with Crippen molar-refractivity contribution in [1.82, 2.24) is 10.2 Å². The summed E-state index contributed by atoms with van der Waals surface area (Å²) in [5, 5.41) is 11.5. The molecule has 2 N–H and O–H groups in total. The van der Waals surface area contributed by atoms with Crippen LogP contribution in [0.15, 0.2) is 24.3 Å². The summed E-state index contributed by atoms with van der Waals surface area (Å²) in [6, 6.07) is 5.66. The highest BCUT2D eigenvalue weighted by atomic mass is 17.2. The first-order valence-electron chi connectivity index (χ1n) is 10.4. The van der Waals surface area contributed by atoms with E-state index in [1.807, 2.05) is 0 Å². The molecule has 3 rings (SSSR count). The number of nitrogens with zero attached hydrogens (tertiary/aromatic N) is 1. The van der Waals surface area contributed by atoms with Gasteiger partial charge in [-0.15, -0.1) is 0 Å². The number of ether oxygens (including phenoxy) is 2. The van der Waals surface area contributed by atoms with Crippen LogP contribution in [0.25, 0.3) is 0 Å². The van der Waals surface area contributed by atoms with Crippen LogP contribution in [-0.2, 0) is 24.0 Å². The second kappa shape index (κ2) is 10.3. The van der Waals surface area contributed by atoms with Crippen LogP contribution in [0.4, 0.5) is 4.79 Å². The fourth-order valence-electron chi connectivity index (χ4n) is 3.36. The Bertz CT molecular complexity index is 743. The molecule has 2 aliphatic rings. The molecule has 0 saturated carbocycles. The maximum absolute atomic E-state index is 13.1. The van der Waals surface area contributed by atoms with E-state index in [4.69, 9.17) is 24.5 Å². The molecule has 2 heterocycles. The lowest BCUT2D eigenvalue weighted by Crippen LogP contribution is -2.44. The van der Waals surface area contributed by atoms with Gasteiger partial charge in [-0.25, -0.2) is 9.68 Å². The monoisotopic (exact) mass is 438 g/mol. The number of benzene rings is 1. The summed E-state index contributed by atoms with van der Waals surface area (Å²) in [4.78, 5) is 41.9. The summed E-state index contributed by atoms with van der Waals surface area (Å²) in [5.74, 6) is 0.118. The van der Waals surface area contributed by atoms with E-state index < -0.39 is 23.8 Å². The van der Waals surface area contributed by atoms with Crippen molar-refractivity contribution >= 4 is 12.0 Å². The Morgan fingerprint density at radius 3 is 2.55 bits per heavy atom. The van der Waals surface area contributed by atoms with E-state index in [9.17, 15) is 9.59 Å². The van der Waals surface area contributed by atoms with Crippen LogP contribution in [0.3, 0.4) is 0 Å². The van der Waals surface area contributed by atoms with E-state index in [0.717, 1.165) is 12.8 Å². The molecule has 2 amide bonds. The number of amides is 2. The number of rotatable bonds is 7. The lowest BCUT2D eigenvalue weighted by molar-refractivity contribution is -0.306. The van der Waals surface area contributed by atoms with Gasteiger partial charge in [0.15, 0.2) is 5.75 Å². The zero-order chi connectivity index (χ0) is 22.4. The van der Waals surface area contributed by atoms with Crippen LogP contribution >= 0.6 is 0 Å². The van der Waals surface area contributed by atoms with Crippen molar-refractivity contribution in [3.8, 4) is 5.75 Å². The smallest absolute Gasteiger partial charge is 0.408 e.